The summed E-state index contributed by atoms with van der Waals surface area (Å²) in [5.41, 5.74) is 7.28. The van der Waals surface area contributed by atoms with Crippen molar-refractivity contribution < 1.29 is 5.11 Å². The smallest absolute Gasteiger partial charge is 0.0802 e. The fraction of sp³-hybridized carbons (Fsp3) is 0.273. The average Bonchev–Trinajstić information content (AvgIpc) is 2.18. The number of aliphatic hydroxyl groups excluding tert-OH is 1. The van der Waals surface area contributed by atoms with E-state index in [2.05, 4.69) is 6.58 Å². The molecule has 0 heterocycles. The summed E-state index contributed by atoms with van der Waals surface area (Å²) in [4.78, 5) is 0. The second kappa shape index (κ2) is 4.80. The zero-order chi connectivity index (χ0) is 9.68. The second-order valence-corrected chi connectivity index (χ2v) is 2.97. The normalized spacial score (nSPS) is 12.5. The van der Waals surface area contributed by atoms with Gasteiger partial charge in [-0.15, -0.1) is 0 Å². The van der Waals surface area contributed by atoms with Crippen LogP contribution in [0.3, 0.4) is 0 Å². The molecule has 2 nitrogen and oxygen atoms in total. The fourth-order valence-corrected chi connectivity index (χ4v) is 1.22. The third-order valence-corrected chi connectivity index (χ3v) is 1.97. The van der Waals surface area contributed by atoms with Crippen LogP contribution in [0.5, 0.6) is 0 Å². The molecule has 1 aromatic rings. The maximum Gasteiger partial charge on any atom is 0.0802 e. The van der Waals surface area contributed by atoms with Gasteiger partial charge in [-0.2, -0.15) is 0 Å². The Kier molecular flexibility index (Phi) is 3.68. The van der Waals surface area contributed by atoms with Crippen LogP contribution in [0.25, 0.3) is 6.08 Å². The van der Waals surface area contributed by atoms with Crippen LogP contribution >= 0.6 is 0 Å². The van der Waals surface area contributed by atoms with Gasteiger partial charge in [-0.25, -0.2) is 0 Å². The molecule has 0 fully saturated rings. The molecule has 0 radical (unpaired) electrons. The van der Waals surface area contributed by atoms with Gasteiger partial charge in [-0.1, -0.05) is 30.9 Å². The molecule has 13 heavy (non-hydrogen) atoms. The number of hydrogen-bond donors (Lipinski definition) is 2. The highest BCUT2D eigenvalue weighted by molar-refractivity contribution is 5.48. The van der Waals surface area contributed by atoms with E-state index in [1.807, 2.05) is 24.3 Å². The summed E-state index contributed by atoms with van der Waals surface area (Å²) in [6, 6.07) is 7.68. The molecule has 0 spiro atoms. The summed E-state index contributed by atoms with van der Waals surface area (Å²) in [5, 5.41) is 9.63. The molecule has 0 aliphatic heterocycles. The van der Waals surface area contributed by atoms with Crippen molar-refractivity contribution in [1.82, 2.24) is 0 Å². The summed E-state index contributed by atoms with van der Waals surface area (Å²) in [5.74, 6) is 0. The van der Waals surface area contributed by atoms with Gasteiger partial charge in [0.25, 0.3) is 0 Å². The standard InChI is InChI=1S/C11H15NO/c1-2-9-4-3-5-10(8-9)11(13)6-7-12/h2-5,8,11,13H,1,6-7,12H2. The highest BCUT2D eigenvalue weighted by atomic mass is 16.3. The minimum absolute atomic E-state index is 0.454. The van der Waals surface area contributed by atoms with Gasteiger partial charge in [0.15, 0.2) is 0 Å². The van der Waals surface area contributed by atoms with Crippen LogP contribution in [0.4, 0.5) is 0 Å². The molecule has 0 bridgehead atoms. The van der Waals surface area contributed by atoms with E-state index in [1.54, 1.807) is 6.08 Å². The molecule has 70 valence electrons. The highest BCUT2D eigenvalue weighted by Gasteiger charge is 2.05. The third kappa shape index (κ3) is 2.68. The van der Waals surface area contributed by atoms with Crippen molar-refractivity contribution in [2.75, 3.05) is 6.54 Å². The van der Waals surface area contributed by atoms with E-state index >= 15 is 0 Å². The van der Waals surface area contributed by atoms with Crippen molar-refractivity contribution in [1.29, 1.82) is 0 Å². The Morgan fingerprint density at radius 3 is 2.92 bits per heavy atom. The number of benzene rings is 1. The molecule has 0 amide bonds. The Morgan fingerprint density at radius 1 is 1.54 bits per heavy atom. The first kappa shape index (κ1) is 9.96. The summed E-state index contributed by atoms with van der Waals surface area (Å²) < 4.78 is 0. The number of nitrogens with two attached hydrogens (primary N) is 1. The lowest BCUT2D eigenvalue weighted by Gasteiger charge is -2.09. The van der Waals surface area contributed by atoms with Gasteiger partial charge in [0.05, 0.1) is 6.10 Å². The fourth-order valence-electron chi connectivity index (χ4n) is 1.22. The molecule has 0 saturated carbocycles. The monoisotopic (exact) mass is 177 g/mol. The topological polar surface area (TPSA) is 46.2 Å². The molecular weight excluding hydrogens is 162 g/mol. The first-order valence-corrected chi connectivity index (χ1v) is 4.38. The highest BCUT2D eigenvalue weighted by Crippen LogP contribution is 2.17. The molecule has 0 saturated heterocycles. The van der Waals surface area contributed by atoms with Crippen LogP contribution in [-0.2, 0) is 0 Å². The van der Waals surface area contributed by atoms with Crippen LogP contribution in [0.2, 0.25) is 0 Å². The Bertz CT molecular complexity index is 283. The largest absolute Gasteiger partial charge is 0.388 e. The van der Waals surface area contributed by atoms with E-state index in [1.165, 1.54) is 0 Å². The van der Waals surface area contributed by atoms with E-state index in [0.717, 1.165) is 11.1 Å². The summed E-state index contributed by atoms with van der Waals surface area (Å²) in [6.07, 6.45) is 1.91. The predicted molar refractivity (Wildman–Crippen MR) is 55.2 cm³/mol. The molecule has 0 aliphatic carbocycles. The van der Waals surface area contributed by atoms with E-state index in [0.29, 0.717) is 13.0 Å². The predicted octanol–water partition coefficient (Wildman–Crippen LogP) is 1.71. The molecule has 2 heteroatoms. The van der Waals surface area contributed by atoms with Crippen molar-refractivity contribution in [3.05, 3.63) is 42.0 Å². The van der Waals surface area contributed by atoms with Crippen molar-refractivity contribution in [3.8, 4) is 0 Å². The molecule has 1 atom stereocenters. The number of rotatable bonds is 4. The van der Waals surface area contributed by atoms with Gasteiger partial charge in [-0.3, -0.25) is 0 Å². The molecule has 0 aliphatic rings. The first-order valence-electron chi connectivity index (χ1n) is 4.38. The van der Waals surface area contributed by atoms with Crippen molar-refractivity contribution in [2.24, 2.45) is 5.73 Å². The van der Waals surface area contributed by atoms with Gasteiger partial charge in [-0.05, 0) is 30.2 Å². The minimum atomic E-state index is -0.454. The van der Waals surface area contributed by atoms with Crippen molar-refractivity contribution in [2.45, 2.75) is 12.5 Å². The van der Waals surface area contributed by atoms with Crippen LogP contribution in [0.1, 0.15) is 23.7 Å². The van der Waals surface area contributed by atoms with Gasteiger partial charge in [0.1, 0.15) is 0 Å². The maximum atomic E-state index is 9.63. The Morgan fingerprint density at radius 2 is 2.31 bits per heavy atom. The zero-order valence-electron chi connectivity index (χ0n) is 7.61. The van der Waals surface area contributed by atoms with Crippen LogP contribution in [0.15, 0.2) is 30.8 Å². The van der Waals surface area contributed by atoms with Crippen molar-refractivity contribution >= 4 is 6.08 Å². The van der Waals surface area contributed by atoms with Gasteiger partial charge in [0, 0.05) is 0 Å². The average molecular weight is 177 g/mol. The Balaban J connectivity index is 2.81. The molecule has 0 aromatic heterocycles. The number of hydrogen-bond acceptors (Lipinski definition) is 2. The molecular formula is C11H15NO. The lowest BCUT2D eigenvalue weighted by atomic mass is 10.0. The molecule has 1 unspecified atom stereocenters. The van der Waals surface area contributed by atoms with E-state index < -0.39 is 6.10 Å². The van der Waals surface area contributed by atoms with Crippen LogP contribution < -0.4 is 5.73 Å². The first-order chi connectivity index (χ1) is 6.27. The summed E-state index contributed by atoms with van der Waals surface area (Å²) in [7, 11) is 0. The van der Waals surface area contributed by atoms with Gasteiger partial charge in [0.2, 0.25) is 0 Å². The van der Waals surface area contributed by atoms with Crippen molar-refractivity contribution in [3.63, 3.8) is 0 Å². The SMILES string of the molecule is C=Cc1cccc(C(O)CCN)c1. The van der Waals surface area contributed by atoms with E-state index in [9.17, 15) is 5.11 Å². The van der Waals surface area contributed by atoms with Gasteiger partial charge < -0.3 is 10.8 Å². The van der Waals surface area contributed by atoms with Gasteiger partial charge >= 0.3 is 0 Å². The summed E-state index contributed by atoms with van der Waals surface area (Å²) >= 11 is 0. The lowest BCUT2D eigenvalue weighted by Crippen LogP contribution is -2.06. The van der Waals surface area contributed by atoms with E-state index in [4.69, 9.17) is 5.73 Å². The Hall–Kier alpha value is -1.12. The summed E-state index contributed by atoms with van der Waals surface area (Å²) in [6.45, 7) is 4.17. The van der Waals surface area contributed by atoms with Crippen LogP contribution in [0, 0.1) is 0 Å². The number of aliphatic hydroxyl groups is 1. The quantitative estimate of drug-likeness (QED) is 0.735. The van der Waals surface area contributed by atoms with Crippen LogP contribution in [-0.4, -0.2) is 11.7 Å². The second-order valence-electron chi connectivity index (χ2n) is 2.97. The third-order valence-electron chi connectivity index (χ3n) is 1.97. The molecule has 1 rings (SSSR count). The lowest BCUT2D eigenvalue weighted by molar-refractivity contribution is 0.170. The van der Waals surface area contributed by atoms with E-state index in [-0.39, 0.29) is 0 Å². The minimum Gasteiger partial charge on any atom is -0.388 e. The maximum absolute atomic E-state index is 9.63. The molecule has 1 aromatic carbocycles. The Labute approximate surface area is 78.7 Å². The zero-order valence-corrected chi connectivity index (χ0v) is 7.61. The molecule has 3 N–H and O–H groups in total.